The Hall–Kier alpha value is -3.31. The molecule has 0 aliphatic heterocycles. The van der Waals surface area contributed by atoms with Gasteiger partial charge in [0.15, 0.2) is 0 Å². The molecule has 4 rings (SSSR count). The zero-order chi connectivity index (χ0) is 18.6. The first-order valence-corrected chi connectivity index (χ1v) is 9.37. The lowest BCUT2D eigenvalue weighted by Crippen LogP contribution is -2.18. The number of aryl methyl sites for hydroxylation is 1. The van der Waals surface area contributed by atoms with E-state index in [2.05, 4.69) is 10.5 Å². The highest BCUT2D eigenvalue weighted by Crippen LogP contribution is 2.24. The number of nitrogens with one attached hydrogen (secondary N) is 1. The second kappa shape index (κ2) is 7.51. The van der Waals surface area contributed by atoms with Gasteiger partial charge in [0.05, 0.1) is 23.0 Å². The summed E-state index contributed by atoms with van der Waals surface area (Å²) in [5, 5.41) is 4.91. The van der Waals surface area contributed by atoms with Crippen molar-refractivity contribution in [3.63, 3.8) is 0 Å². The summed E-state index contributed by atoms with van der Waals surface area (Å²) in [6, 6.07) is 23.3. The van der Waals surface area contributed by atoms with Crippen LogP contribution >= 0.6 is 11.3 Å². The Morgan fingerprint density at radius 3 is 2.59 bits per heavy atom. The first-order valence-electron chi connectivity index (χ1n) is 8.56. The number of carbonyl (C=O) groups is 1. The highest BCUT2D eigenvalue weighted by atomic mass is 32.1. The van der Waals surface area contributed by atoms with Crippen LogP contribution in [0.4, 0.5) is 0 Å². The molecule has 0 saturated carbocycles. The summed E-state index contributed by atoms with van der Waals surface area (Å²) >= 11 is 1.63. The van der Waals surface area contributed by atoms with Gasteiger partial charge in [0, 0.05) is 20.7 Å². The number of aromatic nitrogens is 1. The van der Waals surface area contributed by atoms with E-state index in [0.29, 0.717) is 5.56 Å². The Bertz CT molecular complexity index is 1130. The van der Waals surface area contributed by atoms with E-state index in [4.69, 9.17) is 4.98 Å². The maximum Gasteiger partial charge on any atom is 0.272 e. The molecule has 2 aromatic heterocycles. The quantitative estimate of drug-likeness (QED) is 0.404. The van der Waals surface area contributed by atoms with Gasteiger partial charge in [0.2, 0.25) is 0 Å². The van der Waals surface area contributed by atoms with Gasteiger partial charge in [0.1, 0.15) is 0 Å². The predicted molar refractivity (Wildman–Crippen MR) is 111 cm³/mol. The van der Waals surface area contributed by atoms with Gasteiger partial charge < -0.3 is 0 Å². The topological polar surface area (TPSA) is 54.4 Å². The molecule has 0 fully saturated rings. The Morgan fingerprint density at radius 2 is 1.81 bits per heavy atom. The van der Waals surface area contributed by atoms with Crippen molar-refractivity contribution >= 4 is 34.4 Å². The first-order chi connectivity index (χ1) is 13.2. The summed E-state index contributed by atoms with van der Waals surface area (Å²) in [5.74, 6) is -0.254. The van der Waals surface area contributed by atoms with E-state index >= 15 is 0 Å². The predicted octanol–water partition coefficient (Wildman–Crippen LogP) is 5.04. The molecular weight excluding hydrogens is 354 g/mol. The summed E-state index contributed by atoms with van der Waals surface area (Å²) in [4.78, 5) is 19.7. The van der Waals surface area contributed by atoms with Gasteiger partial charge in [-0.3, -0.25) is 4.79 Å². The van der Waals surface area contributed by atoms with E-state index in [1.54, 1.807) is 17.6 Å². The lowest BCUT2D eigenvalue weighted by molar-refractivity contribution is 0.0957. The van der Waals surface area contributed by atoms with E-state index in [-0.39, 0.29) is 5.91 Å². The van der Waals surface area contributed by atoms with Crippen LogP contribution in [-0.2, 0) is 0 Å². The van der Waals surface area contributed by atoms with Crippen molar-refractivity contribution in [1.29, 1.82) is 0 Å². The number of pyridine rings is 1. The van der Waals surface area contributed by atoms with Crippen molar-refractivity contribution in [2.45, 2.75) is 6.92 Å². The second-order valence-corrected chi connectivity index (χ2v) is 7.41. The van der Waals surface area contributed by atoms with E-state index in [1.807, 2.05) is 79.7 Å². The van der Waals surface area contributed by atoms with Gasteiger partial charge >= 0.3 is 0 Å². The molecule has 0 unspecified atom stereocenters. The zero-order valence-electron chi connectivity index (χ0n) is 14.7. The molecule has 0 bridgehead atoms. The minimum atomic E-state index is -0.254. The van der Waals surface area contributed by atoms with E-state index in [9.17, 15) is 4.79 Å². The monoisotopic (exact) mass is 371 g/mol. The van der Waals surface area contributed by atoms with Gasteiger partial charge in [-0.05, 0) is 31.2 Å². The Morgan fingerprint density at radius 1 is 1.04 bits per heavy atom. The molecule has 0 atom stereocenters. The van der Waals surface area contributed by atoms with Gasteiger partial charge in [-0.15, -0.1) is 11.3 Å². The number of benzene rings is 2. The minimum Gasteiger partial charge on any atom is -0.267 e. The van der Waals surface area contributed by atoms with Crippen LogP contribution in [0.15, 0.2) is 77.9 Å². The van der Waals surface area contributed by atoms with Crippen molar-refractivity contribution in [2.75, 3.05) is 0 Å². The van der Waals surface area contributed by atoms with Crippen molar-refractivity contribution in [3.05, 3.63) is 88.1 Å². The maximum absolute atomic E-state index is 12.8. The van der Waals surface area contributed by atoms with E-state index in [0.717, 1.165) is 27.0 Å². The minimum absolute atomic E-state index is 0.254. The first kappa shape index (κ1) is 17.1. The summed E-state index contributed by atoms with van der Waals surface area (Å²) in [7, 11) is 0. The van der Waals surface area contributed by atoms with Crippen LogP contribution in [0.3, 0.4) is 0 Å². The summed E-state index contributed by atoms with van der Waals surface area (Å²) < 4.78 is 0. The average molecular weight is 371 g/mol. The molecule has 2 aromatic carbocycles. The highest BCUT2D eigenvalue weighted by molar-refractivity contribution is 7.13. The summed E-state index contributed by atoms with van der Waals surface area (Å²) in [6.45, 7) is 2.04. The fourth-order valence-electron chi connectivity index (χ4n) is 2.86. The molecular formula is C22H17N3OS. The molecule has 4 aromatic rings. The standard InChI is InChI=1S/C22H17N3OS/c1-15-11-12-17(27-15)14-23-25-22(26)19-13-21(16-7-3-2-4-8-16)24-20-10-6-5-9-18(19)20/h2-14H,1H3,(H,25,26)/b23-14+. The lowest BCUT2D eigenvalue weighted by atomic mass is 10.0. The number of rotatable bonds is 4. The molecule has 0 radical (unpaired) electrons. The molecule has 0 spiro atoms. The lowest BCUT2D eigenvalue weighted by Gasteiger charge is -2.09. The van der Waals surface area contributed by atoms with Crippen LogP contribution < -0.4 is 5.43 Å². The fourth-order valence-corrected chi connectivity index (χ4v) is 3.61. The number of amides is 1. The number of hydrazone groups is 1. The molecule has 1 N–H and O–H groups in total. The van der Waals surface area contributed by atoms with Crippen LogP contribution in [0.5, 0.6) is 0 Å². The largest absolute Gasteiger partial charge is 0.272 e. The van der Waals surface area contributed by atoms with Gasteiger partial charge in [-0.2, -0.15) is 5.10 Å². The molecule has 1 amide bonds. The third kappa shape index (κ3) is 3.78. The molecule has 27 heavy (non-hydrogen) atoms. The van der Waals surface area contributed by atoms with Crippen LogP contribution in [-0.4, -0.2) is 17.1 Å². The van der Waals surface area contributed by atoms with Crippen molar-refractivity contribution < 1.29 is 4.79 Å². The van der Waals surface area contributed by atoms with Crippen LogP contribution in [0, 0.1) is 6.92 Å². The number of carbonyl (C=O) groups excluding carboxylic acids is 1. The highest BCUT2D eigenvalue weighted by Gasteiger charge is 2.13. The van der Waals surface area contributed by atoms with E-state index < -0.39 is 0 Å². The Balaban J connectivity index is 1.69. The smallest absolute Gasteiger partial charge is 0.267 e. The van der Waals surface area contributed by atoms with Crippen LogP contribution in [0.1, 0.15) is 20.1 Å². The molecule has 4 nitrogen and oxygen atoms in total. The molecule has 0 aliphatic carbocycles. The second-order valence-electron chi connectivity index (χ2n) is 6.09. The van der Waals surface area contributed by atoms with Gasteiger partial charge in [-0.1, -0.05) is 48.5 Å². The molecule has 5 heteroatoms. The maximum atomic E-state index is 12.8. The van der Waals surface area contributed by atoms with Crippen molar-refractivity contribution in [1.82, 2.24) is 10.4 Å². The van der Waals surface area contributed by atoms with Crippen LogP contribution in [0.2, 0.25) is 0 Å². The normalized spacial score (nSPS) is 11.1. The number of hydrogen-bond donors (Lipinski definition) is 1. The Labute approximate surface area is 161 Å². The van der Waals surface area contributed by atoms with Crippen LogP contribution in [0.25, 0.3) is 22.2 Å². The fraction of sp³-hybridized carbons (Fsp3) is 0.0455. The number of para-hydroxylation sites is 1. The molecule has 132 valence electrons. The van der Waals surface area contributed by atoms with Crippen molar-refractivity contribution in [3.8, 4) is 11.3 Å². The number of hydrogen-bond acceptors (Lipinski definition) is 4. The van der Waals surface area contributed by atoms with Gasteiger partial charge in [-0.25, -0.2) is 10.4 Å². The zero-order valence-corrected chi connectivity index (χ0v) is 15.5. The number of fused-ring (bicyclic) bond motifs is 1. The number of thiophene rings is 1. The number of nitrogens with zero attached hydrogens (tertiary/aromatic N) is 2. The third-order valence-electron chi connectivity index (χ3n) is 4.15. The average Bonchev–Trinajstić information content (AvgIpc) is 3.12. The summed E-state index contributed by atoms with van der Waals surface area (Å²) in [5.41, 5.74) is 5.70. The molecule has 0 saturated heterocycles. The van der Waals surface area contributed by atoms with E-state index in [1.165, 1.54) is 4.88 Å². The molecule has 2 heterocycles. The van der Waals surface area contributed by atoms with Gasteiger partial charge in [0.25, 0.3) is 5.91 Å². The SMILES string of the molecule is Cc1ccc(/C=N/NC(=O)c2cc(-c3ccccc3)nc3ccccc23)s1. The third-order valence-corrected chi connectivity index (χ3v) is 5.08. The Kier molecular flexibility index (Phi) is 4.77. The molecule has 0 aliphatic rings. The summed E-state index contributed by atoms with van der Waals surface area (Å²) in [6.07, 6.45) is 1.66. The van der Waals surface area contributed by atoms with Crippen molar-refractivity contribution in [2.24, 2.45) is 5.10 Å².